The van der Waals surface area contributed by atoms with Gasteiger partial charge in [0, 0.05) is 12.0 Å². The molecular weight excluding hydrogens is 528 g/mol. The average Bonchev–Trinajstić information content (AvgIpc) is 3.61. The molecule has 4 aromatic rings. The molecule has 6 rings (SSSR count). The number of Topliss-reactive ketones (excluding diaryl/α,β-unsaturated/α-hetero) is 1. The van der Waals surface area contributed by atoms with Crippen LogP contribution in [0.1, 0.15) is 43.5 Å². The lowest BCUT2D eigenvalue weighted by Crippen LogP contribution is -2.29. The van der Waals surface area contributed by atoms with Crippen LogP contribution in [0.15, 0.2) is 66.2 Å². The molecule has 2 aliphatic heterocycles. The van der Waals surface area contributed by atoms with Crippen LogP contribution in [0.4, 0.5) is 5.13 Å². The van der Waals surface area contributed by atoms with Crippen molar-refractivity contribution in [3.63, 3.8) is 0 Å². The van der Waals surface area contributed by atoms with Crippen molar-refractivity contribution < 1.29 is 28.9 Å². The van der Waals surface area contributed by atoms with E-state index in [1.807, 2.05) is 57.2 Å². The summed E-state index contributed by atoms with van der Waals surface area (Å²) < 4.78 is 18.0. The smallest absolute Gasteiger partial charge is 0.301 e. The largest absolute Gasteiger partial charge is 0.507 e. The standard InChI is InChI=1S/C31H28N2O6S/c1-4-37-21-8-6-7-18(15-21)27-26(28(34)19-9-12-24-20(14-19)13-17(3)39-24)29(35)30(36)33(27)31-32-23-11-10-22(38-5-2)16-25(23)40-31/h6-12,14-17,27,34H,4-5,13H2,1-3H3/b28-26+. The zero-order valence-corrected chi connectivity index (χ0v) is 23.2. The zero-order valence-electron chi connectivity index (χ0n) is 22.3. The molecule has 2 atom stereocenters. The Labute approximate surface area is 235 Å². The summed E-state index contributed by atoms with van der Waals surface area (Å²) in [5.74, 6) is 0.281. The molecule has 1 aromatic heterocycles. The van der Waals surface area contributed by atoms with E-state index in [0.717, 1.165) is 16.0 Å². The molecule has 1 amide bonds. The third-order valence-corrected chi connectivity index (χ3v) is 7.98. The van der Waals surface area contributed by atoms with Crippen molar-refractivity contribution in [2.45, 2.75) is 39.3 Å². The fourth-order valence-electron chi connectivity index (χ4n) is 5.26. The van der Waals surface area contributed by atoms with Gasteiger partial charge in [-0.3, -0.25) is 14.5 Å². The predicted molar refractivity (Wildman–Crippen MR) is 153 cm³/mol. The highest BCUT2D eigenvalue weighted by Gasteiger charge is 2.48. The molecule has 1 saturated heterocycles. The number of benzene rings is 3. The second-order valence-electron chi connectivity index (χ2n) is 9.69. The topological polar surface area (TPSA) is 98.2 Å². The molecule has 0 aliphatic carbocycles. The van der Waals surface area contributed by atoms with E-state index >= 15 is 0 Å². The van der Waals surface area contributed by atoms with Crippen LogP contribution in [-0.2, 0) is 16.0 Å². The lowest BCUT2D eigenvalue weighted by Gasteiger charge is -2.23. The number of fused-ring (bicyclic) bond motifs is 2. The number of hydrogen-bond donors (Lipinski definition) is 1. The van der Waals surface area contributed by atoms with E-state index in [0.29, 0.717) is 52.9 Å². The Morgan fingerprint density at radius 1 is 1.05 bits per heavy atom. The number of thiazole rings is 1. The van der Waals surface area contributed by atoms with Crippen LogP contribution in [0, 0.1) is 0 Å². The van der Waals surface area contributed by atoms with Crippen LogP contribution in [0.3, 0.4) is 0 Å². The highest BCUT2D eigenvalue weighted by atomic mass is 32.1. The number of nitrogens with zero attached hydrogens (tertiary/aromatic N) is 2. The van der Waals surface area contributed by atoms with E-state index in [2.05, 4.69) is 0 Å². The summed E-state index contributed by atoms with van der Waals surface area (Å²) in [5.41, 5.74) is 2.70. The maximum atomic E-state index is 13.6. The van der Waals surface area contributed by atoms with Crippen LogP contribution in [0.2, 0.25) is 0 Å². The maximum Gasteiger partial charge on any atom is 0.301 e. The van der Waals surface area contributed by atoms with Gasteiger partial charge in [-0.05, 0) is 80.4 Å². The molecule has 2 unspecified atom stereocenters. The van der Waals surface area contributed by atoms with Gasteiger partial charge >= 0.3 is 5.91 Å². The van der Waals surface area contributed by atoms with Crippen LogP contribution >= 0.6 is 11.3 Å². The van der Waals surface area contributed by atoms with Gasteiger partial charge in [-0.1, -0.05) is 23.5 Å². The van der Waals surface area contributed by atoms with Crippen molar-refractivity contribution in [1.29, 1.82) is 0 Å². The molecule has 3 aromatic carbocycles. The van der Waals surface area contributed by atoms with Crippen molar-refractivity contribution >= 4 is 44.1 Å². The second-order valence-corrected chi connectivity index (χ2v) is 10.7. The highest BCUT2D eigenvalue weighted by molar-refractivity contribution is 7.22. The average molecular weight is 557 g/mol. The third-order valence-electron chi connectivity index (χ3n) is 6.96. The fourth-order valence-corrected chi connectivity index (χ4v) is 6.28. The van der Waals surface area contributed by atoms with Gasteiger partial charge in [0.25, 0.3) is 5.78 Å². The summed E-state index contributed by atoms with van der Waals surface area (Å²) in [7, 11) is 0. The van der Waals surface area contributed by atoms with Crippen molar-refractivity contribution in [2.24, 2.45) is 0 Å². The number of ketones is 1. The number of aliphatic hydroxyl groups excluding tert-OH is 1. The first-order valence-corrected chi connectivity index (χ1v) is 14.1. The van der Waals surface area contributed by atoms with E-state index in [-0.39, 0.29) is 17.4 Å². The van der Waals surface area contributed by atoms with Gasteiger partial charge in [0.2, 0.25) is 0 Å². The quantitative estimate of drug-likeness (QED) is 0.168. The van der Waals surface area contributed by atoms with E-state index in [4.69, 9.17) is 19.2 Å². The monoisotopic (exact) mass is 556 g/mol. The summed E-state index contributed by atoms with van der Waals surface area (Å²) in [6.45, 7) is 6.75. The van der Waals surface area contributed by atoms with Crippen molar-refractivity contribution in [3.8, 4) is 17.2 Å². The van der Waals surface area contributed by atoms with Crippen molar-refractivity contribution in [2.75, 3.05) is 18.1 Å². The first-order chi connectivity index (χ1) is 19.4. The number of ether oxygens (including phenoxy) is 3. The lowest BCUT2D eigenvalue weighted by molar-refractivity contribution is -0.132. The highest BCUT2D eigenvalue weighted by Crippen LogP contribution is 2.45. The summed E-state index contributed by atoms with van der Waals surface area (Å²) in [6, 6.07) is 17.2. The Morgan fingerprint density at radius 2 is 1.82 bits per heavy atom. The molecular formula is C31H28N2O6S. The van der Waals surface area contributed by atoms with Gasteiger partial charge in [0.05, 0.1) is 35.0 Å². The van der Waals surface area contributed by atoms with E-state index in [1.165, 1.54) is 16.2 Å². The minimum Gasteiger partial charge on any atom is -0.507 e. The summed E-state index contributed by atoms with van der Waals surface area (Å²) >= 11 is 1.29. The first kappa shape index (κ1) is 25.9. The van der Waals surface area contributed by atoms with Gasteiger partial charge in [0.1, 0.15) is 29.1 Å². The summed E-state index contributed by atoms with van der Waals surface area (Å²) in [4.78, 5) is 33.4. The Hall–Kier alpha value is -4.37. The zero-order chi connectivity index (χ0) is 28.0. The second kappa shape index (κ2) is 10.3. The van der Waals surface area contributed by atoms with E-state index < -0.39 is 17.7 Å². The number of aliphatic hydroxyl groups is 1. The van der Waals surface area contributed by atoms with Crippen LogP contribution in [-0.4, -0.2) is 41.1 Å². The number of aromatic nitrogens is 1. The number of hydrogen-bond acceptors (Lipinski definition) is 8. The molecule has 40 heavy (non-hydrogen) atoms. The molecule has 0 spiro atoms. The minimum atomic E-state index is -0.907. The molecule has 2 aliphatic rings. The van der Waals surface area contributed by atoms with Gasteiger partial charge in [0.15, 0.2) is 5.13 Å². The van der Waals surface area contributed by atoms with Crippen LogP contribution < -0.4 is 19.1 Å². The van der Waals surface area contributed by atoms with Gasteiger partial charge in [-0.25, -0.2) is 4.98 Å². The molecule has 204 valence electrons. The minimum absolute atomic E-state index is 0.000163. The molecule has 3 heterocycles. The van der Waals surface area contributed by atoms with Gasteiger partial charge < -0.3 is 19.3 Å². The lowest BCUT2D eigenvalue weighted by atomic mass is 9.94. The number of amides is 1. The van der Waals surface area contributed by atoms with Crippen molar-refractivity contribution in [1.82, 2.24) is 4.98 Å². The summed E-state index contributed by atoms with van der Waals surface area (Å²) in [6.07, 6.45) is 0.724. The van der Waals surface area contributed by atoms with E-state index in [1.54, 1.807) is 24.3 Å². The molecule has 0 radical (unpaired) electrons. The molecule has 9 heteroatoms. The maximum absolute atomic E-state index is 13.6. The SMILES string of the molecule is CCOc1cccc(C2/C(=C(\O)c3ccc4c(c3)CC(C)O4)C(=O)C(=O)N2c2nc3ccc(OCC)cc3s2)c1. The Balaban J connectivity index is 1.51. The van der Waals surface area contributed by atoms with Crippen LogP contribution in [0.25, 0.3) is 16.0 Å². The summed E-state index contributed by atoms with van der Waals surface area (Å²) in [5, 5.41) is 11.9. The number of carbonyl (C=O) groups is 2. The molecule has 8 nitrogen and oxygen atoms in total. The molecule has 0 saturated carbocycles. The fraction of sp³-hybridized carbons (Fsp3) is 0.258. The number of rotatable bonds is 7. The normalized spacial score (nSPS) is 19.6. The predicted octanol–water partition coefficient (Wildman–Crippen LogP) is 6.04. The Morgan fingerprint density at radius 3 is 2.60 bits per heavy atom. The van der Waals surface area contributed by atoms with Gasteiger partial charge in [-0.2, -0.15) is 0 Å². The number of carbonyl (C=O) groups excluding carboxylic acids is 2. The number of anilines is 1. The van der Waals surface area contributed by atoms with E-state index in [9.17, 15) is 14.7 Å². The molecule has 1 fully saturated rings. The molecule has 0 bridgehead atoms. The Kier molecular flexibility index (Phi) is 6.67. The third kappa shape index (κ3) is 4.46. The first-order valence-electron chi connectivity index (χ1n) is 13.2. The van der Waals surface area contributed by atoms with Crippen LogP contribution in [0.5, 0.6) is 17.2 Å². The van der Waals surface area contributed by atoms with Gasteiger partial charge in [-0.15, -0.1) is 0 Å². The molecule has 1 N–H and O–H groups in total. The Bertz CT molecular complexity index is 1680. The van der Waals surface area contributed by atoms with Crippen molar-refractivity contribution in [3.05, 3.63) is 82.9 Å².